The Kier molecular flexibility index (Phi) is 4.71. The van der Waals surface area contributed by atoms with Crippen LogP contribution in [0.15, 0.2) is 54.7 Å². The summed E-state index contributed by atoms with van der Waals surface area (Å²) in [5.41, 5.74) is 1.66. The number of piperidine rings is 1. The van der Waals surface area contributed by atoms with Gasteiger partial charge in [-0.3, -0.25) is 9.48 Å². The van der Waals surface area contributed by atoms with Gasteiger partial charge in [0.25, 0.3) is 5.91 Å². The van der Waals surface area contributed by atoms with Crippen LogP contribution in [0.5, 0.6) is 0 Å². The van der Waals surface area contributed by atoms with Crippen LogP contribution in [0.25, 0.3) is 10.8 Å². The van der Waals surface area contributed by atoms with Gasteiger partial charge in [-0.1, -0.05) is 42.5 Å². The van der Waals surface area contributed by atoms with E-state index in [1.807, 2.05) is 42.2 Å². The van der Waals surface area contributed by atoms with Gasteiger partial charge >= 0.3 is 0 Å². The van der Waals surface area contributed by atoms with Gasteiger partial charge in [0.05, 0.1) is 6.04 Å². The predicted octanol–water partition coefficient (Wildman–Crippen LogP) is 3.23. The maximum absolute atomic E-state index is 12.8. The topological polar surface area (TPSA) is 50.2 Å². The molecule has 2 heterocycles. The van der Waals surface area contributed by atoms with Crippen LogP contribution in [0.3, 0.4) is 0 Å². The first-order chi connectivity index (χ1) is 12.7. The molecule has 5 heteroatoms. The van der Waals surface area contributed by atoms with E-state index >= 15 is 0 Å². The van der Waals surface area contributed by atoms with Gasteiger partial charge in [0.15, 0.2) is 0 Å². The van der Waals surface area contributed by atoms with Crippen LogP contribution in [0.2, 0.25) is 0 Å². The van der Waals surface area contributed by atoms with Crippen molar-refractivity contribution < 1.29 is 4.79 Å². The van der Waals surface area contributed by atoms with Crippen LogP contribution in [0, 0.1) is 0 Å². The Morgan fingerprint density at radius 1 is 1.23 bits per heavy atom. The molecule has 0 saturated carbocycles. The highest BCUT2D eigenvalue weighted by atomic mass is 16.2. The van der Waals surface area contributed by atoms with E-state index in [4.69, 9.17) is 0 Å². The molecule has 4 rings (SSSR count). The number of carbonyl (C=O) groups is 1. The van der Waals surface area contributed by atoms with Crippen molar-refractivity contribution in [3.8, 4) is 0 Å². The summed E-state index contributed by atoms with van der Waals surface area (Å²) in [6, 6.07) is 16.7. The zero-order chi connectivity index (χ0) is 17.9. The van der Waals surface area contributed by atoms with Gasteiger partial charge in [-0.2, -0.15) is 5.10 Å². The van der Waals surface area contributed by atoms with Crippen LogP contribution in [0.4, 0.5) is 0 Å². The molecule has 5 nitrogen and oxygen atoms in total. The van der Waals surface area contributed by atoms with E-state index < -0.39 is 0 Å². The monoisotopic (exact) mass is 348 g/mol. The second kappa shape index (κ2) is 7.30. The summed E-state index contributed by atoms with van der Waals surface area (Å²) in [5.74, 6) is -0.0412. The summed E-state index contributed by atoms with van der Waals surface area (Å²) in [7, 11) is 1.84. The first-order valence-electron chi connectivity index (χ1n) is 9.20. The highest BCUT2D eigenvalue weighted by Gasteiger charge is 2.20. The lowest BCUT2D eigenvalue weighted by Crippen LogP contribution is -2.32. The minimum absolute atomic E-state index is 0.0412. The van der Waals surface area contributed by atoms with Crippen molar-refractivity contribution in [1.82, 2.24) is 20.0 Å². The summed E-state index contributed by atoms with van der Waals surface area (Å²) < 4.78 is 1.94. The molecule has 26 heavy (non-hydrogen) atoms. The number of hydrogen-bond donors (Lipinski definition) is 1. The smallest absolute Gasteiger partial charge is 0.274 e. The Bertz CT molecular complexity index is 906. The van der Waals surface area contributed by atoms with Crippen molar-refractivity contribution in [2.75, 3.05) is 20.1 Å². The third kappa shape index (κ3) is 3.35. The molecule has 1 N–H and O–H groups in total. The molecular weight excluding hydrogens is 324 g/mol. The fourth-order valence-corrected chi connectivity index (χ4v) is 3.67. The first-order valence-corrected chi connectivity index (χ1v) is 9.20. The second-order valence-corrected chi connectivity index (χ2v) is 6.98. The van der Waals surface area contributed by atoms with Crippen LogP contribution in [-0.4, -0.2) is 40.7 Å². The van der Waals surface area contributed by atoms with Crippen LogP contribution in [-0.2, 0) is 6.54 Å². The number of hydrogen-bond acceptors (Lipinski definition) is 3. The van der Waals surface area contributed by atoms with Crippen LogP contribution < -0.4 is 5.32 Å². The molecular formula is C21H24N4O. The van der Waals surface area contributed by atoms with E-state index in [1.54, 1.807) is 4.90 Å². The van der Waals surface area contributed by atoms with Gasteiger partial charge in [-0.15, -0.1) is 0 Å². The van der Waals surface area contributed by atoms with Crippen molar-refractivity contribution in [3.63, 3.8) is 0 Å². The molecule has 134 valence electrons. The average molecular weight is 348 g/mol. The molecule has 1 unspecified atom stereocenters. The third-order valence-electron chi connectivity index (χ3n) is 5.11. The van der Waals surface area contributed by atoms with Crippen molar-refractivity contribution in [3.05, 3.63) is 66.0 Å². The predicted molar refractivity (Wildman–Crippen MR) is 103 cm³/mol. The normalized spacial score (nSPS) is 17.3. The molecule has 1 aliphatic heterocycles. The highest BCUT2D eigenvalue weighted by molar-refractivity contribution is 5.92. The number of rotatable bonds is 4. The fourth-order valence-electron chi connectivity index (χ4n) is 3.67. The minimum Gasteiger partial charge on any atom is -0.336 e. The Morgan fingerprint density at radius 2 is 2.08 bits per heavy atom. The molecule has 0 spiro atoms. The standard InChI is InChI=1S/C21H24N4O/c1-24(15-17-8-4-7-16-6-2-3-10-19(16)17)21(26)20-11-13-25(23-20)18-9-5-12-22-14-18/h2-4,6-8,10-11,13,18,22H,5,9,12,14-15H2,1H3. The number of carbonyl (C=O) groups excluding carboxylic acids is 1. The van der Waals surface area contributed by atoms with Crippen molar-refractivity contribution >= 4 is 16.7 Å². The number of benzene rings is 2. The van der Waals surface area contributed by atoms with Gasteiger partial charge in [0.1, 0.15) is 5.69 Å². The zero-order valence-electron chi connectivity index (χ0n) is 15.1. The van der Waals surface area contributed by atoms with Gasteiger partial charge in [0, 0.05) is 26.3 Å². The first kappa shape index (κ1) is 16.8. The number of aromatic nitrogens is 2. The molecule has 1 atom stereocenters. The molecule has 1 saturated heterocycles. The van der Waals surface area contributed by atoms with Crippen molar-refractivity contribution in [2.24, 2.45) is 0 Å². The number of amides is 1. The van der Waals surface area contributed by atoms with Gasteiger partial charge in [0.2, 0.25) is 0 Å². The van der Waals surface area contributed by atoms with Crippen molar-refractivity contribution in [1.29, 1.82) is 0 Å². The van der Waals surface area contributed by atoms with E-state index in [-0.39, 0.29) is 5.91 Å². The lowest BCUT2D eigenvalue weighted by atomic mass is 10.0. The fraction of sp³-hybridized carbons (Fsp3) is 0.333. The minimum atomic E-state index is -0.0412. The molecule has 2 aromatic carbocycles. The molecule has 1 aliphatic rings. The lowest BCUT2D eigenvalue weighted by Gasteiger charge is -2.23. The maximum atomic E-state index is 12.8. The van der Waals surface area contributed by atoms with E-state index in [9.17, 15) is 4.79 Å². The molecule has 0 radical (unpaired) electrons. The summed E-state index contributed by atoms with van der Waals surface area (Å²) in [5, 5.41) is 10.3. The lowest BCUT2D eigenvalue weighted by molar-refractivity contribution is 0.0778. The van der Waals surface area contributed by atoms with E-state index in [1.165, 1.54) is 10.8 Å². The quantitative estimate of drug-likeness (QED) is 0.787. The number of nitrogens with one attached hydrogen (secondary N) is 1. The summed E-state index contributed by atoms with van der Waals surface area (Å²) >= 11 is 0. The Morgan fingerprint density at radius 3 is 2.92 bits per heavy atom. The summed E-state index contributed by atoms with van der Waals surface area (Å²) in [6.07, 6.45) is 4.18. The highest BCUT2D eigenvalue weighted by Crippen LogP contribution is 2.21. The van der Waals surface area contributed by atoms with Gasteiger partial charge in [-0.05, 0) is 41.8 Å². The third-order valence-corrected chi connectivity index (χ3v) is 5.11. The Labute approximate surface area is 153 Å². The maximum Gasteiger partial charge on any atom is 0.274 e. The SMILES string of the molecule is CN(Cc1cccc2ccccc12)C(=O)c1ccn(C2CCCNC2)n1. The molecule has 0 aliphatic carbocycles. The average Bonchev–Trinajstić information content (AvgIpc) is 3.18. The van der Waals surface area contributed by atoms with E-state index in [2.05, 4.69) is 34.7 Å². The second-order valence-electron chi connectivity index (χ2n) is 6.98. The van der Waals surface area contributed by atoms with E-state index in [0.717, 1.165) is 31.5 Å². The molecule has 1 aromatic heterocycles. The molecule has 3 aromatic rings. The molecule has 0 bridgehead atoms. The number of fused-ring (bicyclic) bond motifs is 1. The molecule has 1 amide bonds. The van der Waals surface area contributed by atoms with E-state index in [0.29, 0.717) is 18.3 Å². The Balaban J connectivity index is 1.50. The largest absolute Gasteiger partial charge is 0.336 e. The summed E-state index contributed by atoms with van der Waals surface area (Å²) in [4.78, 5) is 14.6. The van der Waals surface area contributed by atoms with Gasteiger partial charge < -0.3 is 10.2 Å². The molecule has 1 fully saturated rings. The Hall–Kier alpha value is -2.66. The zero-order valence-corrected chi connectivity index (χ0v) is 15.1. The van der Waals surface area contributed by atoms with Crippen LogP contribution >= 0.6 is 0 Å². The number of nitrogens with zero attached hydrogens (tertiary/aromatic N) is 3. The van der Waals surface area contributed by atoms with Gasteiger partial charge in [-0.25, -0.2) is 0 Å². The van der Waals surface area contributed by atoms with Crippen molar-refractivity contribution in [2.45, 2.75) is 25.4 Å². The summed E-state index contributed by atoms with van der Waals surface area (Å²) in [6.45, 7) is 2.55. The van der Waals surface area contributed by atoms with Crippen LogP contribution in [0.1, 0.15) is 34.9 Å².